The van der Waals surface area contributed by atoms with Gasteiger partial charge in [0.2, 0.25) is 0 Å². The third kappa shape index (κ3) is 36.2. The SMILES string of the molecule is Br.CCCCCCCCCCCCCCCCN(Cc1ccccc1)C(C)C.CCCCCCCCCCCCCCCCN(Cc1ccccc1)C(C)C.Cl. The topological polar surface area (TPSA) is 6.48 Å². The number of halogens is 2. The van der Waals surface area contributed by atoms with E-state index in [0.29, 0.717) is 12.1 Å². The van der Waals surface area contributed by atoms with E-state index >= 15 is 0 Å². The van der Waals surface area contributed by atoms with Gasteiger partial charge in [0.05, 0.1) is 0 Å². The molecule has 0 saturated carbocycles. The van der Waals surface area contributed by atoms with E-state index in [4.69, 9.17) is 0 Å². The summed E-state index contributed by atoms with van der Waals surface area (Å²) in [4.78, 5) is 5.24. The number of rotatable bonds is 36. The maximum Gasteiger partial charge on any atom is 0.0236 e. The third-order valence-electron chi connectivity index (χ3n) is 11.5. The Bertz CT molecular complexity index is 919. The van der Waals surface area contributed by atoms with Crippen LogP contribution in [0.3, 0.4) is 0 Å². The van der Waals surface area contributed by atoms with Gasteiger partial charge in [0.15, 0.2) is 0 Å². The highest BCUT2D eigenvalue weighted by atomic mass is 79.9. The molecule has 0 spiro atoms. The molecule has 0 N–H and O–H groups in total. The number of hydrogen-bond acceptors (Lipinski definition) is 2. The van der Waals surface area contributed by atoms with E-state index in [-0.39, 0.29) is 29.4 Å². The Balaban J connectivity index is 0. The van der Waals surface area contributed by atoms with Gasteiger partial charge >= 0.3 is 0 Å². The van der Waals surface area contributed by atoms with E-state index < -0.39 is 0 Å². The van der Waals surface area contributed by atoms with Crippen LogP contribution in [-0.4, -0.2) is 35.0 Å². The van der Waals surface area contributed by atoms with Crippen LogP contribution in [0.15, 0.2) is 60.7 Å². The van der Waals surface area contributed by atoms with Gasteiger partial charge in [-0.15, -0.1) is 29.4 Å². The highest BCUT2D eigenvalue weighted by Crippen LogP contribution is 2.16. The van der Waals surface area contributed by atoms with Gasteiger partial charge in [-0.2, -0.15) is 0 Å². The van der Waals surface area contributed by atoms with Gasteiger partial charge in [0, 0.05) is 25.2 Å². The minimum Gasteiger partial charge on any atom is -0.297 e. The summed E-state index contributed by atoms with van der Waals surface area (Å²) in [5.74, 6) is 0. The summed E-state index contributed by atoms with van der Waals surface area (Å²) in [6.07, 6.45) is 40.2. The molecule has 328 valence electrons. The highest BCUT2D eigenvalue weighted by molar-refractivity contribution is 8.93. The van der Waals surface area contributed by atoms with Gasteiger partial charge in [-0.3, -0.25) is 9.80 Å². The van der Waals surface area contributed by atoms with Crippen LogP contribution >= 0.6 is 29.4 Å². The molecular formula is C52H96BrClN2. The first-order valence-corrected chi connectivity index (χ1v) is 24.0. The minimum absolute atomic E-state index is 0. The van der Waals surface area contributed by atoms with Crippen LogP contribution in [0.1, 0.15) is 232 Å². The van der Waals surface area contributed by atoms with Gasteiger partial charge < -0.3 is 0 Å². The van der Waals surface area contributed by atoms with Crippen LogP contribution < -0.4 is 0 Å². The van der Waals surface area contributed by atoms with Crippen LogP contribution in [0, 0.1) is 0 Å². The van der Waals surface area contributed by atoms with E-state index in [1.54, 1.807) is 0 Å². The van der Waals surface area contributed by atoms with Gasteiger partial charge in [-0.1, -0.05) is 241 Å². The maximum atomic E-state index is 2.62. The molecule has 0 aliphatic rings. The van der Waals surface area contributed by atoms with Crippen LogP contribution in [0.25, 0.3) is 0 Å². The summed E-state index contributed by atoms with van der Waals surface area (Å²) < 4.78 is 0. The minimum atomic E-state index is 0. The third-order valence-corrected chi connectivity index (χ3v) is 11.5. The van der Waals surface area contributed by atoms with Gasteiger partial charge in [0.25, 0.3) is 0 Å². The molecule has 0 atom stereocenters. The highest BCUT2D eigenvalue weighted by Gasteiger charge is 2.10. The van der Waals surface area contributed by atoms with Crippen LogP contribution in [0.4, 0.5) is 0 Å². The molecule has 0 aliphatic heterocycles. The molecule has 0 saturated heterocycles. The second kappa shape index (κ2) is 43.7. The summed E-state index contributed by atoms with van der Waals surface area (Å²) in [7, 11) is 0. The van der Waals surface area contributed by atoms with E-state index in [1.807, 2.05) is 0 Å². The lowest BCUT2D eigenvalue weighted by atomic mass is 10.0. The number of hydrogen-bond donors (Lipinski definition) is 0. The van der Waals surface area contributed by atoms with Crippen molar-refractivity contribution in [2.45, 2.75) is 246 Å². The van der Waals surface area contributed by atoms with Gasteiger partial charge in [-0.05, 0) is 64.8 Å². The fourth-order valence-electron chi connectivity index (χ4n) is 7.69. The van der Waals surface area contributed by atoms with Gasteiger partial charge in [-0.25, -0.2) is 0 Å². The smallest absolute Gasteiger partial charge is 0.0236 e. The van der Waals surface area contributed by atoms with E-state index in [9.17, 15) is 0 Å². The van der Waals surface area contributed by atoms with Crippen molar-refractivity contribution >= 4 is 29.4 Å². The lowest BCUT2D eigenvalue weighted by Crippen LogP contribution is -2.31. The van der Waals surface area contributed by atoms with Crippen molar-refractivity contribution in [2.24, 2.45) is 0 Å². The quantitative estimate of drug-likeness (QED) is 0.0630. The predicted octanol–water partition coefficient (Wildman–Crippen LogP) is 17.8. The summed E-state index contributed by atoms with van der Waals surface area (Å²) in [6.45, 7) is 18.6. The zero-order chi connectivity index (χ0) is 39.2. The summed E-state index contributed by atoms with van der Waals surface area (Å²) in [5, 5.41) is 0. The Kier molecular flexibility index (Phi) is 44.7. The number of benzene rings is 2. The Labute approximate surface area is 368 Å². The maximum absolute atomic E-state index is 2.62. The predicted molar refractivity (Wildman–Crippen MR) is 262 cm³/mol. The molecule has 2 nitrogen and oxygen atoms in total. The monoisotopic (exact) mass is 863 g/mol. The van der Waals surface area contributed by atoms with E-state index in [1.165, 1.54) is 204 Å². The van der Waals surface area contributed by atoms with Crippen LogP contribution in [0.5, 0.6) is 0 Å². The van der Waals surface area contributed by atoms with E-state index in [0.717, 1.165) is 13.1 Å². The second-order valence-corrected chi connectivity index (χ2v) is 17.3. The van der Waals surface area contributed by atoms with Crippen molar-refractivity contribution in [1.82, 2.24) is 9.80 Å². The largest absolute Gasteiger partial charge is 0.297 e. The Morgan fingerprint density at radius 3 is 0.768 bits per heavy atom. The standard InChI is InChI=1S/2C26H47N.BrH.ClH/c2*1-4-5-6-7-8-9-10-11-12-13-14-15-16-20-23-27(25(2)3)24-26-21-18-17-19-22-26;;/h2*17-19,21-22,25H,4-16,20,23-24H2,1-3H3;2*1H. The van der Waals surface area contributed by atoms with Crippen LogP contribution in [-0.2, 0) is 13.1 Å². The lowest BCUT2D eigenvalue weighted by Gasteiger charge is -2.26. The Morgan fingerprint density at radius 1 is 0.339 bits per heavy atom. The summed E-state index contributed by atoms with van der Waals surface area (Å²) in [6, 6.07) is 23.1. The molecule has 0 bridgehead atoms. The van der Waals surface area contributed by atoms with Crippen molar-refractivity contribution in [2.75, 3.05) is 13.1 Å². The van der Waals surface area contributed by atoms with Crippen LogP contribution in [0.2, 0.25) is 0 Å². The number of unbranched alkanes of at least 4 members (excludes halogenated alkanes) is 26. The van der Waals surface area contributed by atoms with Crippen molar-refractivity contribution < 1.29 is 0 Å². The summed E-state index contributed by atoms with van der Waals surface area (Å²) in [5.41, 5.74) is 2.88. The van der Waals surface area contributed by atoms with Crippen molar-refractivity contribution in [3.8, 4) is 0 Å². The molecule has 0 unspecified atom stereocenters. The average Bonchev–Trinajstić information content (AvgIpc) is 3.18. The zero-order valence-electron chi connectivity index (χ0n) is 38.3. The molecule has 56 heavy (non-hydrogen) atoms. The molecule has 0 amide bonds. The molecule has 0 aromatic heterocycles. The first kappa shape index (κ1) is 57.2. The second-order valence-electron chi connectivity index (χ2n) is 17.3. The molecule has 2 rings (SSSR count). The first-order chi connectivity index (χ1) is 26.5. The normalized spacial score (nSPS) is 11.2. The lowest BCUT2D eigenvalue weighted by molar-refractivity contribution is 0.208. The molecule has 0 radical (unpaired) electrons. The molecule has 0 aliphatic carbocycles. The molecule has 2 aromatic rings. The van der Waals surface area contributed by atoms with Crippen molar-refractivity contribution in [1.29, 1.82) is 0 Å². The van der Waals surface area contributed by atoms with E-state index in [2.05, 4.69) is 112 Å². The Morgan fingerprint density at radius 2 is 0.554 bits per heavy atom. The van der Waals surface area contributed by atoms with Crippen molar-refractivity contribution in [3.63, 3.8) is 0 Å². The molecule has 2 aromatic carbocycles. The molecule has 0 fully saturated rings. The molecule has 4 heteroatoms. The Hall–Kier alpha value is -0.870. The zero-order valence-corrected chi connectivity index (χ0v) is 40.8. The van der Waals surface area contributed by atoms with Gasteiger partial charge in [0.1, 0.15) is 0 Å². The van der Waals surface area contributed by atoms with Crippen molar-refractivity contribution in [3.05, 3.63) is 71.8 Å². The molecular weight excluding hydrogens is 768 g/mol. The number of nitrogens with zero attached hydrogens (tertiary/aromatic N) is 2. The fourth-order valence-corrected chi connectivity index (χ4v) is 7.69. The molecule has 0 heterocycles. The first-order valence-electron chi connectivity index (χ1n) is 24.0. The summed E-state index contributed by atoms with van der Waals surface area (Å²) >= 11 is 0. The fraction of sp³-hybridized carbons (Fsp3) is 0.769. The average molecular weight is 865 g/mol.